The van der Waals surface area contributed by atoms with E-state index in [9.17, 15) is 9.90 Å². The smallest absolute Gasteiger partial charge is 0.268 e. The number of hydrogen-bond acceptors (Lipinski definition) is 5. The maximum atomic E-state index is 11.5. The van der Waals surface area contributed by atoms with Gasteiger partial charge in [-0.05, 0) is 38.0 Å². The topological polar surface area (TPSA) is 107 Å². The molecule has 30 heavy (non-hydrogen) atoms. The lowest BCUT2D eigenvalue weighted by Gasteiger charge is -2.20. The molecule has 0 aliphatic rings. The van der Waals surface area contributed by atoms with Gasteiger partial charge in [-0.15, -0.1) is 12.4 Å². The largest absolute Gasteiger partial charge is 0.436 e. The first-order valence-corrected chi connectivity index (χ1v) is 9.49. The normalized spacial score (nSPS) is 13.0. The molecule has 0 bridgehead atoms. The number of primary amides is 1. The number of aliphatic hydroxyl groups is 1. The van der Waals surface area contributed by atoms with Crippen molar-refractivity contribution >= 4 is 29.4 Å². The molecule has 2 aromatic heterocycles. The van der Waals surface area contributed by atoms with E-state index in [0.717, 1.165) is 16.6 Å². The maximum absolute atomic E-state index is 11.5. The number of para-hydroxylation sites is 1. The van der Waals surface area contributed by atoms with Crippen molar-refractivity contribution in [1.29, 1.82) is 0 Å². The van der Waals surface area contributed by atoms with Crippen molar-refractivity contribution in [1.82, 2.24) is 14.5 Å². The molecule has 0 aliphatic carbocycles. The van der Waals surface area contributed by atoms with E-state index in [-0.39, 0.29) is 24.1 Å². The molecule has 2 aromatic carbocycles. The van der Waals surface area contributed by atoms with E-state index in [1.807, 2.05) is 53.1 Å². The summed E-state index contributed by atoms with van der Waals surface area (Å²) in [6, 6.07) is 15.3. The molecule has 1 unspecified atom stereocenters. The van der Waals surface area contributed by atoms with Crippen LogP contribution in [0.5, 0.6) is 0 Å². The first kappa shape index (κ1) is 21.5. The number of imidazole rings is 1. The second-order valence-corrected chi connectivity index (χ2v) is 7.09. The maximum Gasteiger partial charge on any atom is 0.268 e. The van der Waals surface area contributed by atoms with E-state index in [1.165, 1.54) is 0 Å². The van der Waals surface area contributed by atoms with E-state index < -0.39 is 12.0 Å². The molecular weight excluding hydrogens is 404 g/mol. The fourth-order valence-corrected chi connectivity index (χ4v) is 3.44. The van der Waals surface area contributed by atoms with Crippen molar-refractivity contribution in [3.63, 3.8) is 0 Å². The van der Waals surface area contributed by atoms with Crippen LogP contribution >= 0.6 is 12.4 Å². The van der Waals surface area contributed by atoms with Gasteiger partial charge in [-0.3, -0.25) is 4.79 Å². The van der Waals surface area contributed by atoms with Gasteiger partial charge in [0.1, 0.15) is 11.2 Å². The summed E-state index contributed by atoms with van der Waals surface area (Å²) < 4.78 is 7.83. The van der Waals surface area contributed by atoms with Gasteiger partial charge < -0.3 is 19.8 Å². The minimum atomic E-state index is -0.580. The van der Waals surface area contributed by atoms with Crippen molar-refractivity contribution < 1.29 is 14.3 Å². The first-order valence-electron chi connectivity index (χ1n) is 9.49. The van der Waals surface area contributed by atoms with Crippen molar-refractivity contribution in [2.45, 2.75) is 31.9 Å². The van der Waals surface area contributed by atoms with E-state index in [2.05, 4.69) is 4.98 Å². The third kappa shape index (κ3) is 4.37. The van der Waals surface area contributed by atoms with Gasteiger partial charge in [0.05, 0.1) is 18.5 Å². The summed E-state index contributed by atoms with van der Waals surface area (Å²) in [6.07, 6.45) is 3.98. The van der Waals surface area contributed by atoms with Gasteiger partial charge in [-0.1, -0.05) is 30.3 Å². The number of carbonyl (C=O) groups excluding carboxylic acids is 1. The predicted octanol–water partition coefficient (Wildman–Crippen LogP) is 3.96. The summed E-state index contributed by atoms with van der Waals surface area (Å²) in [5.74, 6) is -0.0326. The number of hydrogen-bond donors (Lipinski definition) is 2. The van der Waals surface area contributed by atoms with Crippen molar-refractivity contribution in [2.24, 2.45) is 5.73 Å². The molecule has 4 rings (SSSR count). The highest BCUT2D eigenvalue weighted by molar-refractivity contribution is 5.90. The molecule has 0 saturated carbocycles. The Labute approximate surface area is 180 Å². The van der Waals surface area contributed by atoms with E-state index in [0.29, 0.717) is 24.3 Å². The Balaban J connectivity index is 0.00000256. The van der Waals surface area contributed by atoms with Crippen LogP contribution in [0.4, 0.5) is 0 Å². The fourth-order valence-electron chi connectivity index (χ4n) is 3.44. The molecule has 0 aliphatic heterocycles. The number of amides is 1. The first-order chi connectivity index (χ1) is 14.0. The summed E-state index contributed by atoms with van der Waals surface area (Å²) in [5, 5.41) is 9.82. The highest BCUT2D eigenvalue weighted by Crippen LogP contribution is 2.33. The van der Waals surface area contributed by atoms with Gasteiger partial charge in [0.25, 0.3) is 5.91 Å². The minimum absolute atomic E-state index is 0. The molecule has 3 N–H and O–H groups in total. The monoisotopic (exact) mass is 426 g/mol. The minimum Gasteiger partial charge on any atom is -0.436 e. The quantitative estimate of drug-likeness (QED) is 0.465. The standard InChI is InChI=1S/C22H22N4O3.ClH/c1-14(27)10-11-18(26-12-17(21(23)28)24-13-26)16-8-5-9-19-20(16)25-22(29-19)15-6-3-2-4-7-15;/h2-9,12-14,18,27H,10-11H2,1H3,(H2,23,28);1H/t14-,18?;/m0./s1. The summed E-state index contributed by atoms with van der Waals surface area (Å²) >= 11 is 0. The molecule has 0 saturated heterocycles. The molecule has 0 radical (unpaired) electrons. The Morgan fingerprint density at radius 1 is 1.17 bits per heavy atom. The molecule has 2 heterocycles. The lowest BCUT2D eigenvalue weighted by Crippen LogP contribution is -2.14. The summed E-state index contributed by atoms with van der Waals surface area (Å²) in [6.45, 7) is 1.75. The number of nitrogens with two attached hydrogens (primary N) is 1. The van der Waals surface area contributed by atoms with Crippen LogP contribution in [0.25, 0.3) is 22.6 Å². The average molecular weight is 427 g/mol. The van der Waals surface area contributed by atoms with Crippen molar-refractivity contribution in [3.8, 4) is 11.5 Å². The van der Waals surface area contributed by atoms with Crippen LogP contribution < -0.4 is 5.73 Å². The Kier molecular flexibility index (Phi) is 6.54. The number of fused-ring (bicyclic) bond motifs is 1. The molecule has 1 amide bonds. The second kappa shape index (κ2) is 9.11. The fraction of sp³-hybridized carbons (Fsp3) is 0.227. The number of halogens is 1. The number of rotatable bonds is 7. The molecular formula is C22H23ClN4O3. The number of aromatic nitrogens is 3. The zero-order valence-corrected chi connectivity index (χ0v) is 17.2. The van der Waals surface area contributed by atoms with Gasteiger partial charge in [-0.2, -0.15) is 0 Å². The van der Waals surface area contributed by atoms with Crippen LogP contribution in [0, 0.1) is 0 Å². The molecule has 2 atom stereocenters. The SMILES string of the molecule is C[C@H](O)CCC(c1cccc2oc(-c3ccccc3)nc12)n1cnc(C(N)=O)c1.Cl. The molecule has 156 valence electrons. The number of aliphatic hydroxyl groups excluding tert-OH is 1. The zero-order valence-electron chi connectivity index (χ0n) is 16.4. The van der Waals surface area contributed by atoms with E-state index in [4.69, 9.17) is 15.1 Å². The highest BCUT2D eigenvalue weighted by atomic mass is 35.5. The van der Waals surface area contributed by atoms with Crippen molar-refractivity contribution in [3.05, 3.63) is 72.3 Å². The van der Waals surface area contributed by atoms with Gasteiger partial charge in [0.15, 0.2) is 5.58 Å². The predicted molar refractivity (Wildman–Crippen MR) is 116 cm³/mol. The van der Waals surface area contributed by atoms with E-state index >= 15 is 0 Å². The van der Waals surface area contributed by atoms with Gasteiger partial charge in [0, 0.05) is 17.3 Å². The lowest BCUT2D eigenvalue weighted by atomic mass is 9.99. The number of oxazole rings is 1. The zero-order chi connectivity index (χ0) is 20.4. The average Bonchev–Trinajstić information content (AvgIpc) is 3.36. The van der Waals surface area contributed by atoms with Crippen LogP contribution in [-0.2, 0) is 0 Å². The molecule has 8 heteroatoms. The molecule has 0 fully saturated rings. The Hall–Kier alpha value is -3.16. The summed E-state index contributed by atoms with van der Waals surface area (Å²) in [4.78, 5) is 20.3. The third-order valence-corrected chi connectivity index (χ3v) is 4.90. The van der Waals surface area contributed by atoms with Crippen molar-refractivity contribution in [2.75, 3.05) is 0 Å². The summed E-state index contributed by atoms with van der Waals surface area (Å²) in [5.41, 5.74) is 8.82. The summed E-state index contributed by atoms with van der Waals surface area (Å²) in [7, 11) is 0. The van der Waals surface area contributed by atoms with Crippen LogP contribution in [-0.4, -0.2) is 31.7 Å². The van der Waals surface area contributed by atoms with Crippen LogP contribution in [0.15, 0.2) is 65.5 Å². The third-order valence-electron chi connectivity index (χ3n) is 4.90. The Morgan fingerprint density at radius 3 is 2.60 bits per heavy atom. The second-order valence-electron chi connectivity index (χ2n) is 7.09. The van der Waals surface area contributed by atoms with Crippen LogP contribution in [0.2, 0.25) is 0 Å². The number of benzene rings is 2. The molecule has 4 aromatic rings. The lowest BCUT2D eigenvalue weighted by molar-refractivity contribution is 0.0996. The molecule has 7 nitrogen and oxygen atoms in total. The van der Waals surface area contributed by atoms with Crippen LogP contribution in [0.3, 0.4) is 0 Å². The number of carbonyl (C=O) groups is 1. The van der Waals surface area contributed by atoms with E-state index in [1.54, 1.807) is 19.4 Å². The molecule has 0 spiro atoms. The van der Waals surface area contributed by atoms with Gasteiger partial charge in [-0.25, -0.2) is 9.97 Å². The Morgan fingerprint density at radius 2 is 1.93 bits per heavy atom. The highest BCUT2D eigenvalue weighted by Gasteiger charge is 2.21. The number of nitrogens with zero attached hydrogens (tertiary/aromatic N) is 3. The van der Waals surface area contributed by atoms with Gasteiger partial charge >= 0.3 is 0 Å². The van der Waals surface area contributed by atoms with Gasteiger partial charge in [0.2, 0.25) is 5.89 Å². The Bertz CT molecular complexity index is 1140. The van der Waals surface area contributed by atoms with Crippen LogP contribution in [0.1, 0.15) is 41.9 Å².